The number of halogens is 1. The van der Waals surface area contributed by atoms with E-state index in [9.17, 15) is 4.79 Å². The van der Waals surface area contributed by atoms with Crippen LogP contribution in [0.5, 0.6) is 11.5 Å². The van der Waals surface area contributed by atoms with Gasteiger partial charge in [0.25, 0.3) is 5.91 Å². The maximum absolute atomic E-state index is 13.3. The van der Waals surface area contributed by atoms with Gasteiger partial charge in [-0.2, -0.15) is 0 Å². The summed E-state index contributed by atoms with van der Waals surface area (Å²) in [5.74, 6) is 1.75. The van der Waals surface area contributed by atoms with E-state index < -0.39 is 0 Å². The van der Waals surface area contributed by atoms with Crippen molar-refractivity contribution >= 4 is 28.8 Å². The summed E-state index contributed by atoms with van der Waals surface area (Å²) in [6.45, 7) is 0.212. The minimum atomic E-state index is -0.164. The lowest BCUT2D eigenvalue weighted by molar-refractivity contribution is 0.0709. The van der Waals surface area contributed by atoms with Gasteiger partial charge in [-0.05, 0) is 43.2 Å². The van der Waals surface area contributed by atoms with Crippen LogP contribution in [0, 0.1) is 0 Å². The summed E-state index contributed by atoms with van der Waals surface area (Å²) in [5.41, 5.74) is 1.89. The molecular formula is C24H21ClN4O4S. The molecule has 0 unspecified atom stereocenters. The van der Waals surface area contributed by atoms with Crippen LogP contribution in [-0.2, 0) is 6.54 Å². The number of hydrogen-bond acceptors (Lipinski definition) is 8. The van der Waals surface area contributed by atoms with Crippen molar-refractivity contribution in [3.8, 4) is 33.5 Å². The molecule has 0 spiro atoms. The lowest BCUT2D eigenvalue weighted by Gasteiger charge is -2.19. The molecular weight excluding hydrogens is 476 g/mol. The van der Waals surface area contributed by atoms with E-state index in [1.807, 2.05) is 36.4 Å². The van der Waals surface area contributed by atoms with E-state index in [0.29, 0.717) is 39.6 Å². The normalized spacial score (nSPS) is 13.0. The maximum atomic E-state index is 13.3. The van der Waals surface area contributed by atoms with E-state index in [1.54, 1.807) is 30.6 Å². The Balaban J connectivity index is 1.36. The molecule has 1 aliphatic carbocycles. The van der Waals surface area contributed by atoms with E-state index in [2.05, 4.69) is 15.2 Å². The number of ether oxygens (including phenoxy) is 2. The minimum absolute atomic E-state index is 0.134. The summed E-state index contributed by atoms with van der Waals surface area (Å²) >= 11 is 7.64. The van der Waals surface area contributed by atoms with Gasteiger partial charge in [0.15, 0.2) is 11.5 Å². The van der Waals surface area contributed by atoms with E-state index in [1.165, 1.54) is 11.3 Å². The molecule has 1 fully saturated rings. The molecule has 0 saturated heterocycles. The number of rotatable bonds is 8. The van der Waals surface area contributed by atoms with Crippen LogP contribution in [0.15, 0.2) is 52.3 Å². The molecule has 34 heavy (non-hydrogen) atoms. The van der Waals surface area contributed by atoms with Crippen molar-refractivity contribution in [2.75, 3.05) is 14.2 Å². The molecule has 0 atom stereocenters. The number of hydrogen-bond donors (Lipinski definition) is 0. The van der Waals surface area contributed by atoms with Crippen molar-refractivity contribution in [2.24, 2.45) is 0 Å². The first-order valence-electron chi connectivity index (χ1n) is 10.6. The molecule has 174 valence electrons. The fourth-order valence-corrected chi connectivity index (χ4v) is 4.59. The van der Waals surface area contributed by atoms with Gasteiger partial charge in [0.2, 0.25) is 11.8 Å². The molecule has 0 N–H and O–H groups in total. The number of aromatic nitrogens is 3. The predicted molar refractivity (Wildman–Crippen MR) is 128 cm³/mol. The second kappa shape index (κ2) is 9.44. The fourth-order valence-electron chi connectivity index (χ4n) is 3.58. The van der Waals surface area contributed by atoms with Crippen LogP contribution in [0.1, 0.15) is 29.2 Å². The Kier molecular flexibility index (Phi) is 6.21. The highest BCUT2D eigenvalue weighted by Crippen LogP contribution is 2.35. The van der Waals surface area contributed by atoms with Crippen LogP contribution >= 0.6 is 22.9 Å². The molecule has 10 heteroatoms. The number of carbonyl (C=O) groups is 1. The van der Waals surface area contributed by atoms with Crippen LogP contribution in [0.3, 0.4) is 0 Å². The Morgan fingerprint density at radius 1 is 1.15 bits per heavy atom. The molecule has 2 aromatic heterocycles. The van der Waals surface area contributed by atoms with Gasteiger partial charge in [0.1, 0.15) is 10.7 Å². The lowest BCUT2D eigenvalue weighted by atomic mass is 10.2. The highest BCUT2D eigenvalue weighted by atomic mass is 35.5. The highest BCUT2D eigenvalue weighted by molar-refractivity contribution is 7.13. The number of thiazole rings is 1. The third kappa shape index (κ3) is 4.49. The van der Waals surface area contributed by atoms with Crippen molar-refractivity contribution in [3.05, 3.63) is 64.5 Å². The third-order valence-corrected chi connectivity index (χ3v) is 6.70. The Hall–Kier alpha value is -3.43. The molecule has 4 aromatic rings. The van der Waals surface area contributed by atoms with Gasteiger partial charge in [-0.3, -0.25) is 4.79 Å². The molecule has 8 nitrogen and oxygen atoms in total. The average molecular weight is 497 g/mol. The van der Waals surface area contributed by atoms with Crippen LogP contribution in [0.2, 0.25) is 5.02 Å². The van der Waals surface area contributed by atoms with Gasteiger partial charge in [-0.15, -0.1) is 21.5 Å². The fraction of sp³-hybridized carbons (Fsp3) is 0.250. The van der Waals surface area contributed by atoms with Crippen molar-refractivity contribution in [3.63, 3.8) is 0 Å². The van der Waals surface area contributed by atoms with Gasteiger partial charge in [-0.1, -0.05) is 23.7 Å². The zero-order valence-electron chi connectivity index (χ0n) is 18.5. The first-order valence-corrected chi connectivity index (χ1v) is 11.9. The third-order valence-electron chi connectivity index (χ3n) is 5.48. The molecule has 1 saturated carbocycles. The SMILES string of the molecule is COc1ccc(-c2nc(C(=O)N(Cc3nnc(-c4ccccc4Cl)o3)C3CC3)cs2)cc1OC. The number of benzene rings is 2. The summed E-state index contributed by atoms with van der Waals surface area (Å²) in [5, 5.41) is 11.3. The first kappa shape index (κ1) is 22.4. The zero-order valence-corrected chi connectivity index (χ0v) is 20.1. The number of carbonyl (C=O) groups excluding carboxylic acids is 1. The van der Waals surface area contributed by atoms with E-state index >= 15 is 0 Å². The Bertz CT molecular complexity index is 1330. The van der Waals surface area contributed by atoms with Crippen molar-refractivity contribution < 1.29 is 18.7 Å². The summed E-state index contributed by atoms with van der Waals surface area (Å²) < 4.78 is 16.5. The quantitative estimate of drug-likeness (QED) is 0.325. The molecule has 2 aromatic carbocycles. The Morgan fingerprint density at radius 3 is 2.68 bits per heavy atom. The van der Waals surface area contributed by atoms with Crippen LogP contribution in [0.25, 0.3) is 22.0 Å². The smallest absolute Gasteiger partial charge is 0.274 e. The summed E-state index contributed by atoms with van der Waals surface area (Å²) in [6, 6.07) is 13.0. The Morgan fingerprint density at radius 2 is 1.94 bits per heavy atom. The number of amides is 1. The second-order valence-electron chi connectivity index (χ2n) is 7.75. The molecule has 0 aliphatic heterocycles. The van der Waals surface area contributed by atoms with Gasteiger partial charge in [0, 0.05) is 17.0 Å². The highest BCUT2D eigenvalue weighted by Gasteiger charge is 2.35. The van der Waals surface area contributed by atoms with Crippen molar-refractivity contribution in [2.45, 2.75) is 25.4 Å². The van der Waals surface area contributed by atoms with Gasteiger partial charge >= 0.3 is 0 Å². The van der Waals surface area contributed by atoms with E-state index in [0.717, 1.165) is 23.4 Å². The lowest BCUT2D eigenvalue weighted by Crippen LogP contribution is -2.33. The molecule has 1 amide bonds. The zero-order chi connectivity index (χ0) is 23.7. The second-order valence-corrected chi connectivity index (χ2v) is 9.02. The molecule has 2 heterocycles. The predicted octanol–water partition coefficient (Wildman–Crippen LogP) is 5.34. The summed E-state index contributed by atoms with van der Waals surface area (Å²) in [6.07, 6.45) is 1.87. The van der Waals surface area contributed by atoms with Crippen LogP contribution in [0.4, 0.5) is 0 Å². The topological polar surface area (TPSA) is 90.6 Å². The summed E-state index contributed by atoms with van der Waals surface area (Å²) in [4.78, 5) is 19.7. The average Bonchev–Trinajstić information content (AvgIpc) is 3.39. The molecule has 0 radical (unpaired) electrons. The van der Waals surface area contributed by atoms with Crippen molar-refractivity contribution in [1.29, 1.82) is 0 Å². The molecule has 1 aliphatic rings. The molecule has 5 rings (SSSR count). The van der Waals surface area contributed by atoms with Gasteiger partial charge in [-0.25, -0.2) is 4.98 Å². The minimum Gasteiger partial charge on any atom is -0.493 e. The summed E-state index contributed by atoms with van der Waals surface area (Å²) in [7, 11) is 3.17. The van der Waals surface area contributed by atoms with E-state index in [4.69, 9.17) is 25.5 Å². The number of methoxy groups -OCH3 is 2. The monoisotopic (exact) mass is 496 g/mol. The van der Waals surface area contributed by atoms with Crippen molar-refractivity contribution in [1.82, 2.24) is 20.1 Å². The Labute approximate surface area is 205 Å². The molecule has 0 bridgehead atoms. The van der Waals surface area contributed by atoms with Crippen LogP contribution < -0.4 is 9.47 Å². The number of nitrogens with zero attached hydrogens (tertiary/aromatic N) is 4. The van der Waals surface area contributed by atoms with Crippen LogP contribution in [-0.4, -0.2) is 46.2 Å². The largest absolute Gasteiger partial charge is 0.493 e. The van der Waals surface area contributed by atoms with Gasteiger partial charge in [0.05, 0.1) is 31.4 Å². The standard InChI is InChI=1S/C24H21ClN4O4S/c1-31-19-10-7-14(11-20(19)32-2)23-26-18(13-34-23)24(30)29(15-8-9-15)12-21-27-28-22(33-21)16-5-3-4-6-17(16)25/h3-7,10-11,13,15H,8-9,12H2,1-2H3. The van der Waals surface area contributed by atoms with Gasteiger partial charge < -0.3 is 18.8 Å². The van der Waals surface area contributed by atoms with E-state index in [-0.39, 0.29) is 18.5 Å². The first-order chi connectivity index (χ1) is 16.6. The maximum Gasteiger partial charge on any atom is 0.274 e.